The van der Waals surface area contributed by atoms with Crippen molar-refractivity contribution in [3.8, 4) is 28.5 Å². The van der Waals surface area contributed by atoms with Crippen LogP contribution in [0.4, 0.5) is 0 Å². The summed E-state index contributed by atoms with van der Waals surface area (Å²) < 4.78 is 12.9. The number of para-hydroxylation sites is 2. The molecule has 0 bridgehead atoms. The van der Waals surface area contributed by atoms with Gasteiger partial charge in [-0.15, -0.1) is 0 Å². The number of hydrogen-bond donors (Lipinski definition) is 0. The van der Waals surface area contributed by atoms with Crippen LogP contribution in [0.2, 0.25) is 0 Å². The first-order valence-corrected chi connectivity index (χ1v) is 16.0. The number of aromatic nitrogens is 4. The zero-order valence-electron chi connectivity index (χ0n) is 27.4. The summed E-state index contributed by atoms with van der Waals surface area (Å²) in [7, 11) is 1.62. The van der Waals surface area contributed by atoms with Crippen molar-refractivity contribution >= 4 is 34.2 Å². The average molecular weight is 671 g/mol. The summed E-state index contributed by atoms with van der Waals surface area (Å²) in [5, 5.41) is 9.83. The Kier molecular flexibility index (Phi) is 9.46. The Bertz CT molecular complexity index is 2600. The molecule has 3 aromatic heterocycles. The fourth-order valence-electron chi connectivity index (χ4n) is 5.30. The quantitative estimate of drug-likeness (QED) is 0.162. The molecule has 0 aliphatic heterocycles. The zero-order valence-corrected chi connectivity index (χ0v) is 27.4. The van der Waals surface area contributed by atoms with E-state index in [1.54, 1.807) is 50.3 Å². The molecule has 3 heterocycles. The van der Waals surface area contributed by atoms with Crippen LogP contribution in [0.15, 0.2) is 176 Å². The van der Waals surface area contributed by atoms with Gasteiger partial charge in [0.25, 0.3) is 11.1 Å². The van der Waals surface area contributed by atoms with E-state index in [1.165, 1.54) is 9.35 Å². The van der Waals surface area contributed by atoms with Gasteiger partial charge in [0.2, 0.25) is 0 Å². The third-order valence-electron chi connectivity index (χ3n) is 7.88. The minimum absolute atomic E-state index is 0.204. The summed E-state index contributed by atoms with van der Waals surface area (Å²) in [5.41, 5.74) is 4.16. The first-order valence-electron chi connectivity index (χ1n) is 16.0. The van der Waals surface area contributed by atoms with Gasteiger partial charge in [-0.2, -0.15) is 19.6 Å². The predicted molar refractivity (Wildman–Crippen MR) is 201 cm³/mol. The number of furan rings is 1. The van der Waals surface area contributed by atoms with E-state index >= 15 is 0 Å². The molecule has 8 rings (SSSR count). The molecule has 51 heavy (non-hydrogen) atoms. The fourth-order valence-corrected chi connectivity index (χ4v) is 5.30. The molecule has 0 fully saturated rings. The average Bonchev–Trinajstić information content (AvgIpc) is 3.72. The topological polar surface area (TPSA) is 117 Å². The third kappa shape index (κ3) is 7.15. The first-order chi connectivity index (χ1) is 25.1. The van der Waals surface area contributed by atoms with Crippen LogP contribution in [-0.2, 0) is 0 Å². The largest absolute Gasteiger partial charge is 0.497 e. The summed E-state index contributed by atoms with van der Waals surface area (Å²) in [5.74, 6) is 1.77. The van der Waals surface area contributed by atoms with Gasteiger partial charge in [0.15, 0.2) is 11.6 Å². The zero-order chi connectivity index (χ0) is 35.0. The van der Waals surface area contributed by atoms with Gasteiger partial charge in [-0.05, 0) is 60.2 Å². The second kappa shape index (κ2) is 14.9. The summed E-state index contributed by atoms with van der Waals surface area (Å²) in [4.78, 5) is 35.2. The molecule has 0 aliphatic rings. The van der Waals surface area contributed by atoms with Crippen molar-refractivity contribution in [2.24, 2.45) is 10.2 Å². The molecule has 8 aromatic rings. The number of nitrogens with zero attached hydrogens (tertiary/aromatic N) is 6. The van der Waals surface area contributed by atoms with Crippen LogP contribution in [0, 0.1) is 0 Å². The van der Waals surface area contributed by atoms with Gasteiger partial charge in [0, 0.05) is 16.7 Å². The van der Waals surface area contributed by atoms with E-state index in [4.69, 9.17) is 9.15 Å². The molecule has 0 amide bonds. The molecule has 10 nitrogen and oxygen atoms in total. The van der Waals surface area contributed by atoms with Crippen LogP contribution in [0.3, 0.4) is 0 Å². The third-order valence-corrected chi connectivity index (χ3v) is 7.88. The molecule has 0 unspecified atom stereocenters. The Labute approximate surface area is 291 Å². The maximum Gasteiger partial charge on any atom is 0.282 e. The molecular weight excluding hydrogens is 640 g/mol. The lowest BCUT2D eigenvalue weighted by molar-refractivity contribution is 0.415. The minimum atomic E-state index is -0.209. The first kappa shape index (κ1) is 32.4. The lowest BCUT2D eigenvalue weighted by atomic mass is 10.2. The predicted octanol–water partition coefficient (Wildman–Crippen LogP) is 7.49. The summed E-state index contributed by atoms with van der Waals surface area (Å²) in [6.07, 6.45) is 6.34. The molecule has 0 saturated carbocycles. The monoisotopic (exact) mass is 670 g/mol. The van der Waals surface area contributed by atoms with Gasteiger partial charge >= 0.3 is 0 Å². The highest BCUT2D eigenvalue weighted by molar-refractivity contribution is 5.83. The molecule has 0 saturated heterocycles. The maximum absolute atomic E-state index is 13.0. The van der Waals surface area contributed by atoms with Crippen LogP contribution in [-0.4, -0.2) is 38.9 Å². The number of ether oxygens (including phenoxy) is 1. The lowest BCUT2D eigenvalue weighted by Gasteiger charge is -2.09. The summed E-state index contributed by atoms with van der Waals surface area (Å²) in [6, 6.07) is 42.9. The second-order valence-corrected chi connectivity index (χ2v) is 11.2. The second-order valence-electron chi connectivity index (χ2n) is 11.2. The highest BCUT2D eigenvalue weighted by Gasteiger charge is 2.13. The Morgan fingerprint density at radius 2 is 1.04 bits per heavy atom. The van der Waals surface area contributed by atoms with Crippen LogP contribution >= 0.6 is 0 Å². The van der Waals surface area contributed by atoms with Crippen LogP contribution in [0.1, 0.15) is 11.1 Å². The fraction of sp³-hybridized carbons (Fsp3) is 0.0244. The molecule has 5 aromatic carbocycles. The van der Waals surface area contributed by atoms with E-state index in [1.807, 2.05) is 121 Å². The van der Waals surface area contributed by atoms with E-state index < -0.39 is 0 Å². The number of rotatable bonds is 7. The Balaban J connectivity index is 0.000000160. The molecule has 248 valence electrons. The van der Waals surface area contributed by atoms with Crippen LogP contribution in [0.5, 0.6) is 5.75 Å². The van der Waals surface area contributed by atoms with Crippen molar-refractivity contribution in [2.75, 3.05) is 7.11 Å². The van der Waals surface area contributed by atoms with Gasteiger partial charge in [-0.3, -0.25) is 9.59 Å². The molecular formula is C41H30N6O4. The number of benzene rings is 5. The highest BCUT2D eigenvalue weighted by atomic mass is 16.5. The minimum Gasteiger partial charge on any atom is -0.497 e. The lowest BCUT2D eigenvalue weighted by Crippen LogP contribution is -2.20. The maximum atomic E-state index is 13.0. The normalized spacial score (nSPS) is 11.2. The molecule has 0 atom stereocenters. The highest BCUT2D eigenvalue weighted by Crippen LogP contribution is 2.20. The Morgan fingerprint density at radius 3 is 1.51 bits per heavy atom. The van der Waals surface area contributed by atoms with Gasteiger partial charge in [-0.25, -0.2) is 9.97 Å². The van der Waals surface area contributed by atoms with Gasteiger partial charge in [0.1, 0.15) is 5.75 Å². The van der Waals surface area contributed by atoms with Gasteiger partial charge < -0.3 is 9.15 Å². The van der Waals surface area contributed by atoms with Crippen LogP contribution < -0.4 is 15.9 Å². The van der Waals surface area contributed by atoms with Crippen molar-refractivity contribution in [2.45, 2.75) is 0 Å². The van der Waals surface area contributed by atoms with Gasteiger partial charge in [-0.1, -0.05) is 84.9 Å². The number of hydrogen-bond acceptors (Lipinski definition) is 8. The van der Waals surface area contributed by atoms with Crippen molar-refractivity contribution in [3.63, 3.8) is 0 Å². The van der Waals surface area contributed by atoms with Crippen molar-refractivity contribution < 1.29 is 9.15 Å². The van der Waals surface area contributed by atoms with E-state index in [2.05, 4.69) is 20.2 Å². The Hall–Kier alpha value is -7.20. The van der Waals surface area contributed by atoms with Crippen molar-refractivity contribution in [1.82, 2.24) is 19.3 Å². The van der Waals surface area contributed by atoms with E-state index in [9.17, 15) is 9.59 Å². The Morgan fingerprint density at radius 1 is 0.569 bits per heavy atom. The van der Waals surface area contributed by atoms with E-state index in [0.717, 1.165) is 28.0 Å². The molecule has 0 radical (unpaired) electrons. The number of fused-ring (bicyclic) bond motifs is 2. The van der Waals surface area contributed by atoms with Crippen molar-refractivity contribution in [3.05, 3.63) is 184 Å². The molecule has 0 N–H and O–H groups in total. The summed E-state index contributed by atoms with van der Waals surface area (Å²) in [6.45, 7) is 0. The molecule has 10 heteroatoms. The number of methoxy groups -OCH3 is 1. The smallest absolute Gasteiger partial charge is 0.282 e. The van der Waals surface area contributed by atoms with E-state index in [0.29, 0.717) is 33.5 Å². The standard InChI is InChI=1S/C22H17N3O2.C19H13N3O2/c1-27-18-13-11-16(12-14-18)15-23-25-21(17-7-3-2-4-8-17)24-20-10-6-5-9-19(20)22(25)26;23-19-16-8-4-5-9-17(16)21-18(15-6-2-1-3-7-15)22(19)20-12-14-10-11-24-13-14/h2-15H,1H3;1-13H/b23-15+;20-12+. The van der Waals surface area contributed by atoms with Crippen molar-refractivity contribution in [1.29, 1.82) is 0 Å². The van der Waals surface area contributed by atoms with Gasteiger partial charge in [0.05, 0.1) is 53.9 Å². The molecule has 0 aliphatic carbocycles. The summed E-state index contributed by atoms with van der Waals surface area (Å²) >= 11 is 0. The molecule has 0 spiro atoms. The van der Waals surface area contributed by atoms with E-state index in [-0.39, 0.29) is 11.1 Å². The van der Waals surface area contributed by atoms with Crippen LogP contribution in [0.25, 0.3) is 44.6 Å². The SMILES string of the molecule is COc1ccc(/C=N/n2c(-c3ccccc3)nc3ccccc3c2=O)cc1.O=c1c2ccccc2nc(-c2ccccc2)n1/N=C/c1ccoc1.